The lowest BCUT2D eigenvalue weighted by Gasteiger charge is -2.28. The Morgan fingerprint density at radius 1 is 1.08 bits per heavy atom. The maximum atomic E-state index is 12.6. The molecule has 3 heterocycles. The molecule has 6 nitrogen and oxygen atoms in total. The molecule has 0 saturated carbocycles. The van der Waals surface area contributed by atoms with Crippen molar-refractivity contribution in [2.75, 3.05) is 6.54 Å². The highest BCUT2D eigenvalue weighted by Gasteiger charge is 2.21. The molecule has 0 atom stereocenters. The van der Waals surface area contributed by atoms with Crippen molar-refractivity contribution in [2.45, 2.75) is 19.5 Å². The van der Waals surface area contributed by atoms with Crippen LogP contribution in [0.4, 0.5) is 0 Å². The molecule has 1 aliphatic rings. The summed E-state index contributed by atoms with van der Waals surface area (Å²) in [6.45, 7) is 1.15. The first kappa shape index (κ1) is 15.4. The highest BCUT2D eigenvalue weighted by molar-refractivity contribution is 5.76. The van der Waals surface area contributed by atoms with E-state index in [1.54, 1.807) is 29.4 Å². The standard InChI is InChI=1S/C19H17N3O3/c23-18-8-7-16(17-6-3-11-25-17)20-22(18)13-19(24)21-10-9-14-4-1-2-5-15(14)12-21/h1-8,11H,9-10,12-13H2. The van der Waals surface area contributed by atoms with E-state index in [0.29, 0.717) is 24.5 Å². The van der Waals surface area contributed by atoms with E-state index in [2.05, 4.69) is 11.2 Å². The molecule has 0 spiro atoms. The predicted octanol–water partition coefficient (Wildman–Crippen LogP) is 2.09. The second-order valence-electron chi connectivity index (χ2n) is 6.03. The lowest BCUT2D eigenvalue weighted by Crippen LogP contribution is -2.40. The van der Waals surface area contributed by atoms with E-state index in [0.717, 1.165) is 12.0 Å². The van der Waals surface area contributed by atoms with Crippen LogP contribution in [0.2, 0.25) is 0 Å². The predicted molar refractivity (Wildman–Crippen MR) is 91.8 cm³/mol. The van der Waals surface area contributed by atoms with Crippen LogP contribution in [0, 0.1) is 0 Å². The zero-order valence-corrected chi connectivity index (χ0v) is 13.6. The summed E-state index contributed by atoms with van der Waals surface area (Å²) < 4.78 is 6.50. The van der Waals surface area contributed by atoms with Gasteiger partial charge in [-0.2, -0.15) is 5.10 Å². The molecule has 6 heteroatoms. The Morgan fingerprint density at radius 3 is 2.72 bits per heavy atom. The molecule has 0 radical (unpaired) electrons. The molecule has 1 aromatic carbocycles. The molecule has 0 saturated heterocycles. The molecule has 0 fully saturated rings. The van der Waals surface area contributed by atoms with Crippen LogP contribution < -0.4 is 5.56 Å². The molecule has 1 amide bonds. The van der Waals surface area contributed by atoms with Crippen molar-refractivity contribution in [3.8, 4) is 11.5 Å². The van der Waals surface area contributed by atoms with E-state index >= 15 is 0 Å². The Balaban J connectivity index is 1.53. The average Bonchev–Trinajstić information content (AvgIpc) is 3.18. The molecule has 0 bridgehead atoms. The molecule has 1 aliphatic heterocycles. The molecule has 25 heavy (non-hydrogen) atoms. The monoisotopic (exact) mass is 335 g/mol. The van der Waals surface area contributed by atoms with Crippen molar-refractivity contribution in [2.24, 2.45) is 0 Å². The molecule has 126 valence electrons. The molecular formula is C19H17N3O3. The Hall–Kier alpha value is -3.15. The Bertz CT molecular complexity index is 960. The van der Waals surface area contributed by atoms with Gasteiger partial charge in [-0.25, -0.2) is 4.68 Å². The third-order valence-corrected chi connectivity index (χ3v) is 4.41. The van der Waals surface area contributed by atoms with Gasteiger partial charge in [-0.1, -0.05) is 24.3 Å². The molecule has 2 aromatic heterocycles. The van der Waals surface area contributed by atoms with Crippen molar-refractivity contribution in [1.29, 1.82) is 0 Å². The van der Waals surface area contributed by atoms with E-state index in [1.165, 1.54) is 16.3 Å². The van der Waals surface area contributed by atoms with Crippen LogP contribution in [0.3, 0.4) is 0 Å². The summed E-state index contributed by atoms with van der Waals surface area (Å²) in [6, 6.07) is 14.6. The Labute approximate surface area is 144 Å². The van der Waals surface area contributed by atoms with Crippen LogP contribution in [-0.2, 0) is 24.3 Å². The highest BCUT2D eigenvalue weighted by Crippen LogP contribution is 2.19. The number of hydrogen-bond donors (Lipinski definition) is 0. The first-order valence-electron chi connectivity index (χ1n) is 8.17. The van der Waals surface area contributed by atoms with Crippen molar-refractivity contribution >= 4 is 5.91 Å². The van der Waals surface area contributed by atoms with Crippen LogP contribution in [0.5, 0.6) is 0 Å². The van der Waals surface area contributed by atoms with E-state index in [9.17, 15) is 9.59 Å². The summed E-state index contributed by atoms with van der Waals surface area (Å²) in [6.07, 6.45) is 2.37. The molecule has 4 rings (SSSR count). The van der Waals surface area contributed by atoms with E-state index in [1.807, 2.05) is 18.2 Å². The maximum absolute atomic E-state index is 12.6. The molecule has 0 unspecified atom stereocenters. The van der Waals surface area contributed by atoms with Gasteiger partial charge in [-0.05, 0) is 35.7 Å². The summed E-state index contributed by atoms with van der Waals surface area (Å²) in [5.41, 5.74) is 2.66. The minimum atomic E-state index is -0.305. The van der Waals surface area contributed by atoms with Gasteiger partial charge < -0.3 is 9.32 Å². The summed E-state index contributed by atoms with van der Waals surface area (Å²) >= 11 is 0. The topological polar surface area (TPSA) is 68.3 Å². The average molecular weight is 335 g/mol. The first-order chi connectivity index (χ1) is 12.2. The number of aromatic nitrogens is 2. The zero-order valence-electron chi connectivity index (χ0n) is 13.6. The molecule has 0 aliphatic carbocycles. The Morgan fingerprint density at radius 2 is 1.92 bits per heavy atom. The van der Waals surface area contributed by atoms with Gasteiger partial charge in [0.05, 0.1) is 6.26 Å². The largest absolute Gasteiger partial charge is 0.463 e. The van der Waals surface area contributed by atoms with Crippen molar-refractivity contribution in [1.82, 2.24) is 14.7 Å². The number of rotatable bonds is 3. The van der Waals surface area contributed by atoms with E-state index in [4.69, 9.17) is 4.42 Å². The van der Waals surface area contributed by atoms with Gasteiger partial charge in [-0.15, -0.1) is 0 Å². The van der Waals surface area contributed by atoms with E-state index < -0.39 is 0 Å². The number of carbonyl (C=O) groups excluding carboxylic acids is 1. The fraction of sp³-hybridized carbons (Fsp3) is 0.211. The number of carbonyl (C=O) groups is 1. The van der Waals surface area contributed by atoms with Crippen molar-refractivity contribution in [3.63, 3.8) is 0 Å². The highest BCUT2D eigenvalue weighted by atomic mass is 16.3. The van der Waals surface area contributed by atoms with E-state index in [-0.39, 0.29) is 18.0 Å². The third kappa shape index (κ3) is 3.10. The SMILES string of the molecule is O=C(Cn1nc(-c2ccco2)ccc1=O)N1CCc2ccccc2C1. The van der Waals surface area contributed by atoms with Crippen LogP contribution in [-0.4, -0.2) is 27.1 Å². The lowest BCUT2D eigenvalue weighted by molar-refractivity contribution is -0.133. The van der Waals surface area contributed by atoms with Crippen LogP contribution in [0.25, 0.3) is 11.5 Å². The minimum absolute atomic E-state index is 0.0739. The normalized spacial score (nSPS) is 13.5. The van der Waals surface area contributed by atoms with Gasteiger partial charge in [0, 0.05) is 19.2 Å². The number of benzene rings is 1. The first-order valence-corrected chi connectivity index (χ1v) is 8.17. The van der Waals surface area contributed by atoms with Gasteiger partial charge in [0.25, 0.3) is 5.56 Å². The smallest absolute Gasteiger partial charge is 0.267 e. The fourth-order valence-corrected chi connectivity index (χ4v) is 3.05. The number of hydrogen-bond acceptors (Lipinski definition) is 4. The number of fused-ring (bicyclic) bond motifs is 1. The summed E-state index contributed by atoms with van der Waals surface area (Å²) in [5.74, 6) is 0.453. The van der Waals surface area contributed by atoms with Gasteiger partial charge in [-0.3, -0.25) is 9.59 Å². The quantitative estimate of drug-likeness (QED) is 0.735. The van der Waals surface area contributed by atoms with Crippen LogP contribution in [0.15, 0.2) is 64.0 Å². The maximum Gasteiger partial charge on any atom is 0.267 e. The minimum Gasteiger partial charge on any atom is -0.463 e. The summed E-state index contributed by atoms with van der Waals surface area (Å²) in [5, 5.41) is 4.26. The molecule has 3 aromatic rings. The second kappa shape index (κ2) is 6.39. The number of amides is 1. The van der Waals surface area contributed by atoms with Gasteiger partial charge in [0.1, 0.15) is 12.2 Å². The van der Waals surface area contributed by atoms with Gasteiger partial charge in [0.2, 0.25) is 5.91 Å². The van der Waals surface area contributed by atoms with Crippen molar-refractivity contribution < 1.29 is 9.21 Å². The zero-order chi connectivity index (χ0) is 17.2. The summed E-state index contributed by atoms with van der Waals surface area (Å²) in [4.78, 5) is 26.5. The second-order valence-corrected chi connectivity index (χ2v) is 6.03. The van der Waals surface area contributed by atoms with Gasteiger partial charge >= 0.3 is 0 Å². The van der Waals surface area contributed by atoms with Gasteiger partial charge in [0.15, 0.2) is 5.76 Å². The van der Waals surface area contributed by atoms with Crippen LogP contribution in [0.1, 0.15) is 11.1 Å². The lowest BCUT2D eigenvalue weighted by atomic mass is 10.00. The fourth-order valence-electron chi connectivity index (χ4n) is 3.05. The van der Waals surface area contributed by atoms with Crippen LogP contribution >= 0.6 is 0 Å². The number of nitrogens with zero attached hydrogens (tertiary/aromatic N) is 3. The molecular weight excluding hydrogens is 318 g/mol. The summed E-state index contributed by atoms with van der Waals surface area (Å²) in [7, 11) is 0. The Kier molecular flexibility index (Phi) is 3.93. The molecule has 0 N–H and O–H groups in total. The third-order valence-electron chi connectivity index (χ3n) is 4.41. The number of furan rings is 1. The van der Waals surface area contributed by atoms with Crippen molar-refractivity contribution in [3.05, 3.63) is 76.3 Å².